The van der Waals surface area contributed by atoms with Gasteiger partial charge >= 0.3 is 0 Å². The summed E-state index contributed by atoms with van der Waals surface area (Å²) in [5.41, 5.74) is 1.31. The topological polar surface area (TPSA) is 30.5 Å². The standard InChI is InChI=1S/C16H20BrNO2/c17-12-10-15-14(19-16(20-15)6-2-3-7-16)9-11(12)13-5-1-4-8-18-13/h9-10,13,18H,1-8H2. The molecule has 2 fully saturated rings. The van der Waals surface area contributed by atoms with E-state index >= 15 is 0 Å². The summed E-state index contributed by atoms with van der Waals surface area (Å²) < 4.78 is 13.4. The molecule has 0 bridgehead atoms. The third kappa shape index (κ3) is 2.13. The van der Waals surface area contributed by atoms with Gasteiger partial charge in [0.25, 0.3) is 5.79 Å². The van der Waals surface area contributed by atoms with Crippen molar-refractivity contribution in [2.75, 3.05) is 6.54 Å². The molecule has 0 amide bonds. The molecule has 4 rings (SSSR count). The number of hydrogen-bond acceptors (Lipinski definition) is 3. The Morgan fingerprint density at radius 3 is 2.50 bits per heavy atom. The summed E-state index contributed by atoms with van der Waals surface area (Å²) in [6.45, 7) is 1.11. The molecule has 1 N–H and O–H groups in total. The Morgan fingerprint density at radius 1 is 1.05 bits per heavy atom. The first-order valence-corrected chi connectivity index (χ1v) is 8.50. The number of hydrogen-bond donors (Lipinski definition) is 1. The monoisotopic (exact) mass is 337 g/mol. The zero-order valence-corrected chi connectivity index (χ0v) is 13.2. The van der Waals surface area contributed by atoms with Crippen LogP contribution >= 0.6 is 15.9 Å². The largest absolute Gasteiger partial charge is 0.448 e. The van der Waals surface area contributed by atoms with Gasteiger partial charge in [-0.1, -0.05) is 22.4 Å². The van der Waals surface area contributed by atoms with E-state index in [0.717, 1.165) is 35.4 Å². The minimum Gasteiger partial charge on any atom is -0.448 e. The molecule has 1 aromatic rings. The van der Waals surface area contributed by atoms with Gasteiger partial charge in [-0.25, -0.2) is 0 Å². The van der Waals surface area contributed by atoms with Gasteiger partial charge in [-0.05, 0) is 49.9 Å². The van der Waals surface area contributed by atoms with Crippen molar-refractivity contribution in [3.63, 3.8) is 0 Å². The SMILES string of the molecule is Brc1cc2c(cc1C1CCCCN1)OC1(CCCC1)O2. The first-order chi connectivity index (χ1) is 9.76. The van der Waals surface area contributed by atoms with Crippen molar-refractivity contribution in [2.24, 2.45) is 0 Å². The van der Waals surface area contributed by atoms with Crippen molar-refractivity contribution in [3.8, 4) is 11.5 Å². The van der Waals surface area contributed by atoms with Crippen LogP contribution in [-0.2, 0) is 0 Å². The van der Waals surface area contributed by atoms with Crippen molar-refractivity contribution in [1.29, 1.82) is 0 Å². The lowest BCUT2D eigenvalue weighted by Crippen LogP contribution is -2.34. The Kier molecular flexibility index (Phi) is 3.19. The molecule has 2 heterocycles. The van der Waals surface area contributed by atoms with Gasteiger partial charge in [0.15, 0.2) is 11.5 Å². The molecule has 1 unspecified atom stereocenters. The Labute approximate surface area is 128 Å². The summed E-state index contributed by atoms with van der Waals surface area (Å²) >= 11 is 3.71. The van der Waals surface area contributed by atoms with Crippen LogP contribution in [0.2, 0.25) is 0 Å². The van der Waals surface area contributed by atoms with Crippen LogP contribution < -0.4 is 14.8 Å². The maximum absolute atomic E-state index is 6.17. The van der Waals surface area contributed by atoms with Crippen LogP contribution in [0.25, 0.3) is 0 Å². The smallest absolute Gasteiger partial charge is 0.251 e. The fourth-order valence-corrected chi connectivity index (χ4v) is 4.23. The zero-order valence-electron chi connectivity index (χ0n) is 11.6. The van der Waals surface area contributed by atoms with Crippen LogP contribution in [-0.4, -0.2) is 12.3 Å². The first-order valence-electron chi connectivity index (χ1n) is 7.71. The van der Waals surface area contributed by atoms with E-state index in [-0.39, 0.29) is 5.79 Å². The van der Waals surface area contributed by atoms with Crippen LogP contribution in [0, 0.1) is 0 Å². The Morgan fingerprint density at radius 2 is 1.80 bits per heavy atom. The molecule has 1 spiro atoms. The van der Waals surface area contributed by atoms with Crippen LogP contribution in [0.4, 0.5) is 0 Å². The van der Waals surface area contributed by atoms with Gasteiger partial charge in [-0.15, -0.1) is 0 Å². The van der Waals surface area contributed by atoms with E-state index in [1.54, 1.807) is 0 Å². The van der Waals surface area contributed by atoms with Gasteiger partial charge in [0.05, 0.1) is 0 Å². The van der Waals surface area contributed by atoms with Crippen molar-refractivity contribution in [2.45, 2.75) is 56.8 Å². The van der Waals surface area contributed by atoms with Crippen molar-refractivity contribution < 1.29 is 9.47 Å². The second-order valence-corrected chi connectivity index (χ2v) is 7.00. The number of fused-ring (bicyclic) bond motifs is 1. The highest BCUT2D eigenvalue weighted by atomic mass is 79.9. The van der Waals surface area contributed by atoms with Gasteiger partial charge < -0.3 is 14.8 Å². The van der Waals surface area contributed by atoms with Gasteiger partial charge in [0, 0.05) is 23.4 Å². The van der Waals surface area contributed by atoms with Crippen molar-refractivity contribution in [3.05, 3.63) is 22.2 Å². The van der Waals surface area contributed by atoms with E-state index in [1.165, 1.54) is 37.7 Å². The quantitative estimate of drug-likeness (QED) is 0.828. The molecular formula is C16H20BrNO2. The molecule has 1 saturated carbocycles. The predicted octanol–water partition coefficient (Wildman–Crippen LogP) is 4.31. The molecule has 1 saturated heterocycles. The maximum atomic E-state index is 6.17. The molecule has 3 aliphatic rings. The molecule has 2 aliphatic heterocycles. The summed E-state index contributed by atoms with van der Waals surface area (Å²) in [4.78, 5) is 0. The molecular weight excluding hydrogens is 318 g/mol. The van der Waals surface area contributed by atoms with Gasteiger partial charge in [0.2, 0.25) is 0 Å². The van der Waals surface area contributed by atoms with Crippen molar-refractivity contribution >= 4 is 15.9 Å². The molecule has 1 atom stereocenters. The molecule has 0 aromatic heterocycles. The Bertz CT molecular complexity index is 519. The van der Waals surface area contributed by atoms with Crippen LogP contribution in [0.1, 0.15) is 56.6 Å². The third-order valence-corrected chi connectivity index (χ3v) is 5.39. The average Bonchev–Trinajstić information content (AvgIpc) is 3.05. The number of piperidine rings is 1. The molecule has 4 heteroatoms. The lowest BCUT2D eigenvalue weighted by molar-refractivity contribution is -0.0716. The van der Waals surface area contributed by atoms with Gasteiger partial charge in [-0.3, -0.25) is 0 Å². The fourth-order valence-electron chi connectivity index (χ4n) is 3.63. The summed E-state index contributed by atoms with van der Waals surface area (Å²) in [6, 6.07) is 4.70. The van der Waals surface area contributed by atoms with E-state index < -0.39 is 0 Å². The number of ether oxygens (including phenoxy) is 2. The highest BCUT2D eigenvalue weighted by molar-refractivity contribution is 9.10. The number of halogens is 1. The summed E-state index contributed by atoms with van der Waals surface area (Å²) in [5.74, 6) is 1.47. The highest BCUT2D eigenvalue weighted by Gasteiger charge is 2.44. The molecule has 1 aromatic carbocycles. The van der Waals surface area contributed by atoms with Crippen LogP contribution in [0.15, 0.2) is 16.6 Å². The maximum Gasteiger partial charge on any atom is 0.251 e. The summed E-state index contributed by atoms with van der Waals surface area (Å²) in [7, 11) is 0. The van der Waals surface area contributed by atoms with E-state index in [2.05, 4.69) is 33.4 Å². The fraction of sp³-hybridized carbons (Fsp3) is 0.625. The summed E-state index contributed by atoms with van der Waals surface area (Å²) in [5, 5.41) is 3.60. The second kappa shape index (κ2) is 4.92. The Balaban J connectivity index is 1.64. The molecule has 0 radical (unpaired) electrons. The first kappa shape index (κ1) is 13.0. The molecule has 3 nitrogen and oxygen atoms in total. The van der Waals surface area contributed by atoms with E-state index in [9.17, 15) is 0 Å². The lowest BCUT2D eigenvalue weighted by atomic mass is 9.97. The number of rotatable bonds is 1. The minimum absolute atomic E-state index is 0.361. The Hall–Kier alpha value is -0.740. The zero-order chi connectivity index (χ0) is 13.6. The predicted molar refractivity (Wildman–Crippen MR) is 81.2 cm³/mol. The molecule has 1 aliphatic carbocycles. The summed E-state index contributed by atoms with van der Waals surface area (Å²) in [6.07, 6.45) is 8.19. The second-order valence-electron chi connectivity index (χ2n) is 6.14. The molecule has 108 valence electrons. The van der Waals surface area contributed by atoms with Crippen LogP contribution in [0.3, 0.4) is 0 Å². The van der Waals surface area contributed by atoms with E-state index in [1.807, 2.05) is 0 Å². The van der Waals surface area contributed by atoms with Gasteiger partial charge in [-0.2, -0.15) is 0 Å². The lowest BCUT2D eigenvalue weighted by Gasteiger charge is -2.25. The van der Waals surface area contributed by atoms with Crippen LogP contribution in [0.5, 0.6) is 11.5 Å². The number of nitrogens with one attached hydrogen (secondary N) is 1. The molecule has 20 heavy (non-hydrogen) atoms. The van der Waals surface area contributed by atoms with Gasteiger partial charge in [0.1, 0.15) is 0 Å². The third-order valence-electron chi connectivity index (χ3n) is 4.71. The van der Waals surface area contributed by atoms with Crippen molar-refractivity contribution in [1.82, 2.24) is 5.32 Å². The minimum atomic E-state index is -0.361. The van der Waals surface area contributed by atoms with E-state index in [4.69, 9.17) is 9.47 Å². The van der Waals surface area contributed by atoms with E-state index in [0.29, 0.717) is 6.04 Å². The highest BCUT2D eigenvalue weighted by Crippen LogP contribution is 2.49. The average molecular weight is 338 g/mol. The number of benzene rings is 1. The normalized spacial score (nSPS) is 27.1.